The molecule has 3 N–H and O–H groups in total. The number of imidazole rings is 1. The molecule has 0 aliphatic heterocycles. The van der Waals surface area contributed by atoms with Crippen LogP contribution in [0, 0.1) is 6.92 Å². The Morgan fingerprint density at radius 3 is 3.00 bits per heavy atom. The van der Waals surface area contributed by atoms with Crippen LogP contribution in [-0.2, 0) is 11.3 Å². The molecule has 0 aliphatic rings. The van der Waals surface area contributed by atoms with Crippen molar-refractivity contribution < 1.29 is 4.79 Å². The van der Waals surface area contributed by atoms with Gasteiger partial charge >= 0.3 is 0 Å². The monoisotopic (exact) mass is 230 g/mol. The number of hydrogen-bond donors (Lipinski definition) is 2. The van der Waals surface area contributed by atoms with Crippen molar-refractivity contribution in [2.75, 3.05) is 11.1 Å². The van der Waals surface area contributed by atoms with Crippen molar-refractivity contribution in [1.82, 2.24) is 9.55 Å². The largest absolute Gasteiger partial charge is 0.398 e. The number of benzene rings is 1. The van der Waals surface area contributed by atoms with Crippen LogP contribution in [0.3, 0.4) is 0 Å². The number of rotatable bonds is 3. The molecule has 0 unspecified atom stereocenters. The minimum absolute atomic E-state index is 0.105. The maximum atomic E-state index is 11.7. The van der Waals surface area contributed by atoms with Gasteiger partial charge in [0.2, 0.25) is 5.91 Å². The van der Waals surface area contributed by atoms with Crippen molar-refractivity contribution in [2.24, 2.45) is 0 Å². The summed E-state index contributed by atoms with van der Waals surface area (Å²) in [6.07, 6.45) is 4.98. The van der Waals surface area contributed by atoms with E-state index in [0.29, 0.717) is 11.4 Å². The van der Waals surface area contributed by atoms with Crippen molar-refractivity contribution in [3.8, 4) is 0 Å². The van der Waals surface area contributed by atoms with Crippen molar-refractivity contribution in [2.45, 2.75) is 13.5 Å². The molecule has 5 nitrogen and oxygen atoms in total. The first-order valence-corrected chi connectivity index (χ1v) is 5.27. The highest BCUT2D eigenvalue weighted by atomic mass is 16.1. The Hall–Kier alpha value is -2.30. The molecule has 0 aliphatic carbocycles. The molecular formula is C12H14N4O. The summed E-state index contributed by atoms with van der Waals surface area (Å²) >= 11 is 0. The van der Waals surface area contributed by atoms with Gasteiger partial charge in [0.1, 0.15) is 6.54 Å². The first-order chi connectivity index (χ1) is 8.15. The van der Waals surface area contributed by atoms with Crippen LogP contribution in [-0.4, -0.2) is 15.5 Å². The minimum atomic E-state index is -0.105. The summed E-state index contributed by atoms with van der Waals surface area (Å²) in [5.74, 6) is -0.105. The van der Waals surface area contributed by atoms with Gasteiger partial charge < -0.3 is 15.6 Å². The third kappa shape index (κ3) is 2.84. The molecule has 0 fully saturated rings. The Labute approximate surface area is 99.3 Å². The van der Waals surface area contributed by atoms with E-state index in [1.807, 2.05) is 19.1 Å². The number of aryl methyl sites for hydroxylation is 1. The van der Waals surface area contributed by atoms with Crippen molar-refractivity contribution in [3.63, 3.8) is 0 Å². The van der Waals surface area contributed by atoms with E-state index in [0.717, 1.165) is 5.56 Å². The quantitative estimate of drug-likeness (QED) is 0.783. The summed E-state index contributed by atoms with van der Waals surface area (Å²) in [5.41, 5.74) is 8.14. The van der Waals surface area contributed by atoms with Gasteiger partial charge in [-0.25, -0.2) is 4.98 Å². The van der Waals surface area contributed by atoms with E-state index in [9.17, 15) is 4.79 Å². The van der Waals surface area contributed by atoms with Crippen molar-refractivity contribution in [3.05, 3.63) is 42.5 Å². The Morgan fingerprint density at radius 1 is 1.53 bits per heavy atom. The normalized spacial score (nSPS) is 10.2. The molecule has 88 valence electrons. The summed E-state index contributed by atoms with van der Waals surface area (Å²) < 4.78 is 1.70. The third-order valence-corrected chi connectivity index (χ3v) is 2.45. The van der Waals surface area contributed by atoms with Crippen LogP contribution in [0.1, 0.15) is 5.56 Å². The first kappa shape index (κ1) is 11.2. The van der Waals surface area contributed by atoms with E-state index in [1.165, 1.54) is 0 Å². The van der Waals surface area contributed by atoms with Crippen LogP contribution in [0.5, 0.6) is 0 Å². The van der Waals surface area contributed by atoms with Crippen molar-refractivity contribution >= 4 is 17.3 Å². The number of nitrogens with one attached hydrogen (secondary N) is 1. The molecule has 17 heavy (non-hydrogen) atoms. The summed E-state index contributed by atoms with van der Waals surface area (Å²) in [6, 6.07) is 5.46. The van der Waals surface area contributed by atoms with Gasteiger partial charge in [-0.3, -0.25) is 4.79 Å². The molecule has 1 amide bonds. The molecule has 2 rings (SSSR count). The lowest BCUT2D eigenvalue weighted by Crippen LogP contribution is -2.17. The standard InChI is InChI=1S/C12H14N4O/c1-9-2-3-10(6-11(9)13)15-12(17)7-16-5-4-14-8-16/h2-6,8H,7,13H2,1H3,(H,15,17). The van der Waals surface area contributed by atoms with Gasteiger partial charge in [0.15, 0.2) is 0 Å². The molecule has 0 saturated carbocycles. The Balaban J connectivity index is 2.00. The highest BCUT2D eigenvalue weighted by Gasteiger charge is 2.04. The zero-order valence-electron chi connectivity index (χ0n) is 9.55. The molecular weight excluding hydrogens is 216 g/mol. The van der Waals surface area contributed by atoms with Crippen molar-refractivity contribution in [1.29, 1.82) is 0 Å². The van der Waals surface area contributed by atoms with Gasteiger partial charge in [0.05, 0.1) is 6.33 Å². The molecule has 0 bridgehead atoms. The van der Waals surface area contributed by atoms with Crippen LogP contribution < -0.4 is 11.1 Å². The van der Waals surface area contributed by atoms with Gasteiger partial charge in [-0.2, -0.15) is 0 Å². The summed E-state index contributed by atoms with van der Waals surface area (Å²) in [6.45, 7) is 2.17. The second-order valence-electron chi connectivity index (χ2n) is 3.85. The fraction of sp³-hybridized carbons (Fsp3) is 0.167. The topological polar surface area (TPSA) is 72.9 Å². The van der Waals surface area contributed by atoms with E-state index in [2.05, 4.69) is 10.3 Å². The van der Waals surface area contributed by atoms with Crippen LogP contribution >= 0.6 is 0 Å². The molecule has 2 aromatic rings. The summed E-state index contributed by atoms with van der Waals surface area (Å²) in [4.78, 5) is 15.5. The SMILES string of the molecule is Cc1ccc(NC(=O)Cn2ccnc2)cc1N. The van der Waals surface area contributed by atoms with E-state index in [1.54, 1.807) is 29.4 Å². The average Bonchev–Trinajstić information content (AvgIpc) is 2.76. The van der Waals surface area contributed by atoms with Gasteiger partial charge in [-0.15, -0.1) is 0 Å². The van der Waals surface area contributed by atoms with Crippen LogP contribution in [0.15, 0.2) is 36.9 Å². The lowest BCUT2D eigenvalue weighted by molar-refractivity contribution is -0.116. The number of anilines is 2. The van der Waals surface area contributed by atoms with Gasteiger partial charge in [-0.05, 0) is 24.6 Å². The Morgan fingerprint density at radius 2 is 2.35 bits per heavy atom. The second kappa shape index (κ2) is 4.69. The molecule has 1 aromatic heterocycles. The predicted molar refractivity (Wildman–Crippen MR) is 66.4 cm³/mol. The fourth-order valence-corrected chi connectivity index (χ4v) is 1.46. The molecule has 0 radical (unpaired) electrons. The van der Waals surface area contributed by atoms with E-state index < -0.39 is 0 Å². The number of nitrogens with zero attached hydrogens (tertiary/aromatic N) is 2. The molecule has 1 heterocycles. The maximum absolute atomic E-state index is 11.7. The summed E-state index contributed by atoms with van der Waals surface area (Å²) in [7, 11) is 0. The molecule has 0 saturated heterocycles. The fourth-order valence-electron chi connectivity index (χ4n) is 1.46. The minimum Gasteiger partial charge on any atom is -0.398 e. The molecule has 0 spiro atoms. The number of carbonyl (C=O) groups is 1. The zero-order valence-corrected chi connectivity index (χ0v) is 9.55. The van der Waals surface area contributed by atoms with Gasteiger partial charge in [0.25, 0.3) is 0 Å². The second-order valence-corrected chi connectivity index (χ2v) is 3.85. The van der Waals surface area contributed by atoms with Gasteiger partial charge in [-0.1, -0.05) is 6.07 Å². The van der Waals surface area contributed by atoms with E-state index in [4.69, 9.17) is 5.73 Å². The molecule has 0 atom stereocenters. The maximum Gasteiger partial charge on any atom is 0.244 e. The van der Waals surface area contributed by atoms with E-state index in [-0.39, 0.29) is 12.5 Å². The summed E-state index contributed by atoms with van der Waals surface area (Å²) in [5, 5.41) is 2.78. The van der Waals surface area contributed by atoms with E-state index >= 15 is 0 Å². The third-order valence-electron chi connectivity index (χ3n) is 2.45. The lowest BCUT2D eigenvalue weighted by atomic mass is 10.2. The number of aromatic nitrogens is 2. The highest BCUT2D eigenvalue weighted by molar-refractivity contribution is 5.91. The Bertz CT molecular complexity index is 519. The number of nitrogen functional groups attached to an aromatic ring is 1. The number of nitrogens with two attached hydrogens (primary N) is 1. The lowest BCUT2D eigenvalue weighted by Gasteiger charge is -2.07. The zero-order chi connectivity index (χ0) is 12.3. The average molecular weight is 230 g/mol. The Kier molecular flexibility index (Phi) is 3.09. The molecule has 1 aromatic carbocycles. The highest BCUT2D eigenvalue weighted by Crippen LogP contribution is 2.16. The number of amides is 1. The van der Waals surface area contributed by atoms with Crippen LogP contribution in [0.4, 0.5) is 11.4 Å². The predicted octanol–water partition coefficient (Wildman–Crippen LogP) is 1.41. The first-order valence-electron chi connectivity index (χ1n) is 5.27. The smallest absolute Gasteiger partial charge is 0.244 e. The van der Waals surface area contributed by atoms with Crippen LogP contribution in [0.2, 0.25) is 0 Å². The number of carbonyl (C=O) groups excluding carboxylic acids is 1. The van der Waals surface area contributed by atoms with Crippen LogP contribution in [0.25, 0.3) is 0 Å². The molecule has 5 heteroatoms. The number of hydrogen-bond acceptors (Lipinski definition) is 3. The van der Waals surface area contributed by atoms with Gasteiger partial charge in [0, 0.05) is 23.8 Å².